The monoisotopic (exact) mass is 757 g/mol. The van der Waals surface area contributed by atoms with Crippen molar-refractivity contribution in [2.45, 2.75) is 16.7 Å². The van der Waals surface area contributed by atoms with Gasteiger partial charge in [-0.1, -0.05) is 41.8 Å². The van der Waals surface area contributed by atoms with Crippen molar-refractivity contribution in [1.29, 1.82) is 0 Å². The molecule has 14 nitrogen and oxygen atoms in total. The molecule has 0 aromatic heterocycles. The number of benzene rings is 6. The second-order valence-corrected chi connectivity index (χ2v) is 13.8. The van der Waals surface area contributed by atoms with Gasteiger partial charge in [0, 0.05) is 17.4 Å². The maximum absolute atomic E-state index is 13.5. The van der Waals surface area contributed by atoms with Crippen molar-refractivity contribution in [2.75, 3.05) is 12.4 Å². The number of para-hydroxylation sites is 1. The minimum Gasteiger partial charge on any atom is -0.872 e. The summed E-state index contributed by atoms with van der Waals surface area (Å²) in [6.07, 6.45) is 0. The van der Waals surface area contributed by atoms with Gasteiger partial charge in [0.25, 0.3) is 20.2 Å². The van der Waals surface area contributed by atoms with Crippen molar-refractivity contribution in [1.82, 2.24) is 0 Å². The van der Waals surface area contributed by atoms with E-state index in [1.54, 1.807) is 19.1 Å². The Hall–Kier alpha value is -3.94. The normalized spacial score (nSPS) is 11.8. The maximum atomic E-state index is 13.5. The van der Waals surface area contributed by atoms with E-state index in [-0.39, 0.29) is 97.8 Å². The Morgan fingerprint density at radius 3 is 2.02 bits per heavy atom. The van der Waals surface area contributed by atoms with Crippen LogP contribution in [0.25, 0.3) is 21.5 Å². The van der Waals surface area contributed by atoms with Crippen molar-refractivity contribution in [3.05, 3.63) is 103 Å². The number of rotatable bonds is 9. The number of fused-ring (bicyclic) bond motifs is 2. The van der Waals surface area contributed by atoms with E-state index < -0.39 is 47.2 Å². The number of methoxy groups -OCH3 is 1. The molecule has 0 aliphatic carbocycles. The molecule has 0 aliphatic rings. The third kappa shape index (κ3) is 8.98. The standard InChI is InChI=1S/C34H27N5O9S2.2Na/c1-19-12-29(31(48-2)18-28(19)37-36-24-9-10-26-20(14-24)15-25(17-30(26)40)49(42,43)44)38-39-33-32(50(45,46)47)16-21-13-23(8-11-27(21)34(33)41)35-22-6-4-3-5-7-22;;/h3-18,35,40-41H,1-2H3,(H,42,43,44)(H,45,46,47);;/q;2*+1/p-2. The van der Waals surface area contributed by atoms with Crippen LogP contribution < -0.4 is 79.4 Å². The fourth-order valence-corrected chi connectivity index (χ4v) is 6.31. The average molecular weight is 758 g/mol. The van der Waals surface area contributed by atoms with Crippen LogP contribution in [-0.4, -0.2) is 33.1 Å². The molecule has 0 fully saturated rings. The van der Waals surface area contributed by atoms with Gasteiger partial charge in [-0.15, -0.1) is 10.2 Å². The van der Waals surface area contributed by atoms with Crippen LogP contribution in [0.1, 0.15) is 5.56 Å². The third-order valence-electron chi connectivity index (χ3n) is 7.57. The fraction of sp³-hybridized carbons (Fsp3) is 0.0588. The minimum absolute atomic E-state index is 0. The quantitative estimate of drug-likeness (QED) is 0.110. The van der Waals surface area contributed by atoms with Crippen LogP contribution in [0.2, 0.25) is 0 Å². The van der Waals surface area contributed by atoms with Crippen LogP contribution in [0.4, 0.5) is 34.1 Å². The zero-order chi connectivity index (χ0) is 35.8. The Morgan fingerprint density at radius 1 is 0.673 bits per heavy atom. The second kappa shape index (κ2) is 16.4. The number of hydrogen-bond donors (Lipinski definition) is 3. The molecule has 0 saturated heterocycles. The smallest absolute Gasteiger partial charge is 0.872 e. The van der Waals surface area contributed by atoms with E-state index in [1.165, 1.54) is 43.5 Å². The first-order chi connectivity index (χ1) is 23.7. The Balaban J connectivity index is 0.00000302. The molecule has 6 aromatic rings. The van der Waals surface area contributed by atoms with Crippen LogP contribution in [0.15, 0.2) is 127 Å². The molecule has 6 aromatic carbocycles. The summed E-state index contributed by atoms with van der Waals surface area (Å²) in [5, 5.41) is 46.3. The van der Waals surface area contributed by atoms with E-state index in [0.717, 1.165) is 23.9 Å². The first kappa shape index (κ1) is 40.8. The molecule has 3 N–H and O–H groups in total. The van der Waals surface area contributed by atoms with Crippen molar-refractivity contribution >= 4 is 75.9 Å². The van der Waals surface area contributed by atoms with Gasteiger partial charge in [0.05, 0.1) is 29.1 Å². The van der Waals surface area contributed by atoms with E-state index in [4.69, 9.17) is 4.74 Å². The van der Waals surface area contributed by atoms with Crippen molar-refractivity contribution in [2.24, 2.45) is 20.5 Å². The van der Waals surface area contributed by atoms with Gasteiger partial charge < -0.3 is 20.3 Å². The zero-order valence-electron chi connectivity index (χ0n) is 28.1. The molecule has 0 bridgehead atoms. The molecule has 52 heavy (non-hydrogen) atoms. The molecule has 0 radical (unpaired) electrons. The van der Waals surface area contributed by atoms with E-state index in [9.17, 15) is 36.2 Å². The number of azo groups is 2. The zero-order valence-corrected chi connectivity index (χ0v) is 33.7. The van der Waals surface area contributed by atoms with Gasteiger partial charge in [0.15, 0.2) is 0 Å². The van der Waals surface area contributed by atoms with E-state index in [0.29, 0.717) is 16.9 Å². The second-order valence-electron chi connectivity index (χ2n) is 11.0. The molecule has 0 amide bonds. The molecular formula is C34H25N5Na2O9S2. The third-order valence-corrected chi connectivity index (χ3v) is 9.27. The summed E-state index contributed by atoms with van der Waals surface area (Å²) in [6.45, 7) is 1.68. The van der Waals surface area contributed by atoms with E-state index in [1.807, 2.05) is 30.3 Å². The average Bonchev–Trinajstić information content (AvgIpc) is 3.06. The molecule has 0 atom stereocenters. The SMILES string of the molecule is COc1cc(N=Nc2ccc3c([O-])cc(S(=O)(=O)O)cc3c2)c(C)cc1N=Nc1c(S(=O)(=O)O)cc2cc(Nc3ccccc3)ccc2c1[O-].[Na+].[Na+]. The summed E-state index contributed by atoms with van der Waals surface area (Å²) >= 11 is 0. The Labute approximate surface area is 342 Å². The molecule has 0 unspecified atom stereocenters. The van der Waals surface area contributed by atoms with Gasteiger partial charge in [0.1, 0.15) is 16.3 Å². The molecule has 0 saturated carbocycles. The molecule has 18 heteroatoms. The Kier molecular flexibility index (Phi) is 12.9. The fourth-order valence-electron chi connectivity index (χ4n) is 5.13. The van der Waals surface area contributed by atoms with Crippen LogP contribution in [0, 0.1) is 6.92 Å². The van der Waals surface area contributed by atoms with Crippen molar-refractivity contribution in [3.63, 3.8) is 0 Å². The van der Waals surface area contributed by atoms with Gasteiger partial charge in [-0.25, -0.2) is 0 Å². The van der Waals surface area contributed by atoms with Gasteiger partial charge in [0.2, 0.25) is 0 Å². The summed E-state index contributed by atoms with van der Waals surface area (Å²) in [6, 6.07) is 24.5. The predicted octanol–water partition coefficient (Wildman–Crippen LogP) is 1.53. The number of hydrogen-bond acceptors (Lipinski definition) is 12. The number of nitrogens with one attached hydrogen (secondary N) is 1. The van der Waals surface area contributed by atoms with Crippen LogP contribution in [0.3, 0.4) is 0 Å². The summed E-state index contributed by atoms with van der Waals surface area (Å²) in [4.78, 5) is -1.27. The van der Waals surface area contributed by atoms with Crippen LogP contribution in [-0.2, 0) is 20.2 Å². The van der Waals surface area contributed by atoms with Gasteiger partial charge >= 0.3 is 59.1 Å². The van der Waals surface area contributed by atoms with Crippen molar-refractivity contribution in [3.8, 4) is 17.2 Å². The molecular weight excluding hydrogens is 733 g/mol. The maximum Gasteiger partial charge on any atom is 1.00 e. The minimum atomic E-state index is -4.91. The number of nitrogens with zero attached hydrogens (tertiary/aromatic N) is 4. The Bertz CT molecular complexity index is 2610. The first-order valence-electron chi connectivity index (χ1n) is 14.5. The molecule has 0 aliphatic heterocycles. The predicted molar refractivity (Wildman–Crippen MR) is 182 cm³/mol. The number of aryl methyl sites for hydroxylation is 1. The Morgan fingerprint density at radius 2 is 1.35 bits per heavy atom. The molecule has 0 heterocycles. The number of ether oxygens (including phenoxy) is 1. The van der Waals surface area contributed by atoms with Crippen molar-refractivity contribution < 1.29 is 100 Å². The van der Waals surface area contributed by atoms with E-state index in [2.05, 4.69) is 25.8 Å². The van der Waals surface area contributed by atoms with Crippen LogP contribution in [0.5, 0.6) is 17.2 Å². The molecule has 6 rings (SSSR count). The summed E-state index contributed by atoms with van der Waals surface area (Å²) < 4.78 is 72.7. The summed E-state index contributed by atoms with van der Waals surface area (Å²) in [7, 11) is -8.16. The van der Waals surface area contributed by atoms with Crippen LogP contribution >= 0.6 is 0 Å². The summed E-state index contributed by atoms with van der Waals surface area (Å²) in [5.41, 5.74) is 1.99. The van der Waals surface area contributed by atoms with Gasteiger partial charge in [-0.2, -0.15) is 27.1 Å². The largest absolute Gasteiger partial charge is 1.00 e. The summed E-state index contributed by atoms with van der Waals surface area (Å²) in [5.74, 6) is -1.22. The number of anilines is 2. The molecule has 0 spiro atoms. The van der Waals surface area contributed by atoms with Gasteiger partial charge in [-0.3, -0.25) is 9.11 Å². The first-order valence-corrected chi connectivity index (χ1v) is 17.4. The van der Waals surface area contributed by atoms with Gasteiger partial charge in [-0.05, 0) is 94.7 Å². The van der Waals surface area contributed by atoms with E-state index >= 15 is 0 Å². The molecule has 254 valence electrons. The topological polar surface area (TPSA) is 226 Å².